The molecule has 0 saturated heterocycles. The van der Waals surface area contributed by atoms with Gasteiger partial charge in [-0.1, -0.05) is 0 Å². The van der Waals surface area contributed by atoms with Gasteiger partial charge in [-0.2, -0.15) is 4.99 Å². The van der Waals surface area contributed by atoms with Crippen LogP contribution in [0.4, 0.5) is 0 Å². The SMILES string of the molecule is CN1C=C2N=C(O)C=C(O)N2N1. The van der Waals surface area contributed by atoms with Gasteiger partial charge in [0.2, 0.25) is 11.8 Å². The molecule has 0 unspecified atom stereocenters. The number of aliphatic hydroxyl groups is 2. The maximum Gasteiger partial charge on any atom is 0.218 e. The molecule has 2 aliphatic heterocycles. The Morgan fingerprint density at radius 2 is 2.25 bits per heavy atom. The van der Waals surface area contributed by atoms with Crippen LogP contribution < -0.4 is 5.53 Å². The third kappa shape index (κ3) is 0.892. The van der Waals surface area contributed by atoms with Gasteiger partial charge < -0.3 is 10.2 Å². The van der Waals surface area contributed by atoms with Crippen LogP contribution in [0.15, 0.2) is 29.0 Å². The van der Waals surface area contributed by atoms with Gasteiger partial charge in [-0.15, -0.1) is 5.53 Å². The van der Waals surface area contributed by atoms with Crippen molar-refractivity contribution >= 4 is 5.90 Å². The zero-order chi connectivity index (χ0) is 8.72. The maximum absolute atomic E-state index is 9.28. The summed E-state index contributed by atoms with van der Waals surface area (Å²) < 4.78 is 0. The molecule has 0 amide bonds. The van der Waals surface area contributed by atoms with E-state index in [1.54, 1.807) is 18.3 Å². The van der Waals surface area contributed by atoms with E-state index in [9.17, 15) is 5.11 Å². The van der Waals surface area contributed by atoms with Crippen LogP contribution in [0, 0.1) is 0 Å². The molecule has 0 spiro atoms. The minimum atomic E-state index is -0.202. The molecule has 0 bridgehead atoms. The van der Waals surface area contributed by atoms with Crippen LogP contribution >= 0.6 is 0 Å². The first-order valence-electron chi connectivity index (χ1n) is 3.36. The van der Waals surface area contributed by atoms with Crippen LogP contribution in [0.1, 0.15) is 0 Å². The van der Waals surface area contributed by atoms with E-state index in [-0.39, 0.29) is 11.8 Å². The largest absolute Gasteiger partial charge is 0.493 e. The van der Waals surface area contributed by atoms with Crippen molar-refractivity contribution in [3.8, 4) is 0 Å². The minimum absolute atomic E-state index is 0.0851. The smallest absolute Gasteiger partial charge is 0.218 e. The Hall–Kier alpha value is -1.69. The van der Waals surface area contributed by atoms with Crippen molar-refractivity contribution in [3.05, 3.63) is 24.0 Å². The molecule has 0 atom stereocenters. The second kappa shape index (κ2) is 2.15. The molecule has 0 radical (unpaired) electrons. The number of aliphatic imine (C=N–C) groups is 1. The second-order valence-electron chi connectivity index (χ2n) is 2.51. The second-order valence-corrected chi connectivity index (χ2v) is 2.51. The highest BCUT2D eigenvalue weighted by atomic mass is 16.3. The van der Waals surface area contributed by atoms with Gasteiger partial charge in [-0.25, -0.2) is 5.01 Å². The lowest BCUT2D eigenvalue weighted by Gasteiger charge is -2.21. The predicted molar refractivity (Wildman–Crippen MR) is 41.6 cm³/mol. The van der Waals surface area contributed by atoms with E-state index < -0.39 is 0 Å². The summed E-state index contributed by atoms with van der Waals surface area (Å²) in [5.74, 6) is 0.167. The van der Waals surface area contributed by atoms with Crippen molar-refractivity contribution < 1.29 is 10.2 Å². The number of nitrogens with one attached hydrogen (secondary N) is 1. The molecule has 3 N–H and O–H groups in total. The van der Waals surface area contributed by atoms with Crippen LogP contribution in [0.5, 0.6) is 0 Å². The first-order chi connectivity index (χ1) is 5.66. The summed E-state index contributed by atoms with van der Waals surface area (Å²) in [5.41, 5.74) is 2.76. The molecule has 2 heterocycles. The van der Waals surface area contributed by atoms with Crippen LogP contribution in [-0.2, 0) is 0 Å². The van der Waals surface area contributed by atoms with Crippen molar-refractivity contribution in [1.82, 2.24) is 15.6 Å². The van der Waals surface area contributed by atoms with E-state index in [2.05, 4.69) is 10.5 Å². The van der Waals surface area contributed by atoms with E-state index in [0.29, 0.717) is 5.82 Å². The van der Waals surface area contributed by atoms with Gasteiger partial charge in [0.25, 0.3) is 0 Å². The highest BCUT2D eigenvalue weighted by Crippen LogP contribution is 2.19. The molecule has 6 heteroatoms. The molecule has 0 aromatic rings. The Labute approximate surface area is 68.7 Å². The van der Waals surface area contributed by atoms with E-state index in [4.69, 9.17) is 5.11 Å². The van der Waals surface area contributed by atoms with Crippen LogP contribution in [0.3, 0.4) is 0 Å². The standard InChI is InChI=1S/C6H8N4O2/c1-9-3-4-7-5(11)2-6(12)10(4)8-9/h2-3,8,12H,1H3,(H,7,11). The number of hydrogen-bond donors (Lipinski definition) is 3. The molecule has 0 saturated carbocycles. The monoisotopic (exact) mass is 168 g/mol. The summed E-state index contributed by atoms with van der Waals surface area (Å²) in [6.07, 6.45) is 2.79. The lowest BCUT2D eigenvalue weighted by atomic mass is 10.5. The minimum Gasteiger partial charge on any atom is -0.493 e. The van der Waals surface area contributed by atoms with E-state index in [1.165, 1.54) is 5.01 Å². The number of nitrogens with zero attached hydrogens (tertiary/aromatic N) is 3. The highest BCUT2D eigenvalue weighted by molar-refractivity contribution is 5.87. The molecule has 64 valence electrons. The topological polar surface area (TPSA) is 71.3 Å². The summed E-state index contributed by atoms with van der Waals surface area (Å²) >= 11 is 0. The summed E-state index contributed by atoms with van der Waals surface area (Å²) in [7, 11) is 1.76. The molecule has 2 rings (SSSR count). The molecule has 0 aromatic heterocycles. The quantitative estimate of drug-likeness (QED) is 0.468. The summed E-state index contributed by atoms with van der Waals surface area (Å²) in [6, 6.07) is 0. The zero-order valence-electron chi connectivity index (χ0n) is 6.39. The average Bonchev–Trinajstić information content (AvgIpc) is 2.29. The maximum atomic E-state index is 9.28. The van der Waals surface area contributed by atoms with E-state index >= 15 is 0 Å². The lowest BCUT2D eigenvalue weighted by Crippen LogP contribution is -2.39. The Bertz CT molecular complexity index is 307. The van der Waals surface area contributed by atoms with Crippen molar-refractivity contribution in [2.45, 2.75) is 0 Å². The molecule has 0 aliphatic carbocycles. The highest BCUT2D eigenvalue weighted by Gasteiger charge is 2.25. The number of hydrogen-bond acceptors (Lipinski definition) is 5. The Morgan fingerprint density at radius 1 is 1.50 bits per heavy atom. The number of hydrazine groups is 2. The Kier molecular flexibility index (Phi) is 1.25. The van der Waals surface area contributed by atoms with Crippen LogP contribution in [0.2, 0.25) is 0 Å². The molecular weight excluding hydrogens is 160 g/mol. The van der Waals surface area contributed by atoms with Gasteiger partial charge in [0.15, 0.2) is 5.82 Å². The van der Waals surface area contributed by atoms with Gasteiger partial charge in [0.1, 0.15) is 0 Å². The normalized spacial score (nSPS) is 21.6. The fraction of sp³-hybridized carbons (Fsp3) is 0.167. The molecule has 2 aliphatic rings. The molecule has 6 nitrogen and oxygen atoms in total. The van der Waals surface area contributed by atoms with E-state index in [1.807, 2.05) is 0 Å². The summed E-state index contributed by atoms with van der Waals surface area (Å²) in [4.78, 5) is 3.76. The van der Waals surface area contributed by atoms with Gasteiger partial charge in [0, 0.05) is 7.05 Å². The molecular formula is C6H8N4O2. The first kappa shape index (κ1) is 6.99. The van der Waals surface area contributed by atoms with Crippen LogP contribution in [0.25, 0.3) is 0 Å². The number of rotatable bonds is 0. The Balaban J connectivity index is 2.37. The van der Waals surface area contributed by atoms with Crippen molar-refractivity contribution in [2.75, 3.05) is 7.05 Å². The third-order valence-corrected chi connectivity index (χ3v) is 1.51. The van der Waals surface area contributed by atoms with Crippen molar-refractivity contribution in [1.29, 1.82) is 0 Å². The van der Waals surface area contributed by atoms with Gasteiger partial charge in [0.05, 0.1) is 12.3 Å². The van der Waals surface area contributed by atoms with E-state index in [0.717, 1.165) is 6.08 Å². The van der Waals surface area contributed by atoms with Gasteiger partial charge >= 0.3 is 0 Å². The fourth-order valence-corrected chi connectivity index (χ4v) is 1.05. The fourth-order valence-electron chi connectivity index (χ4n) is 1.05. The molecule has 0 aromatic carbocycles. The summed E-state index contributed by atoms with van der Waals surface area (Å²) in [6.45, 7) is 0. The van der Waals surface area contributed by atoms with Crippen molar-refractivity contribution in [3.63, 3.8) is 0 Å². The number of fused-ring (bicyclic) bond motifs is 1. The first-order valence-corrected chi connectivity index (χ1v) is 3.36. The molecule has 12 heavy (non-hydrogen) atoms. The average molecular weight is 168 g/mol. The lowest BCUT2D eigenvalue weighted by molar-refractivity contribution is 0.121. The third-order valence-electron chi connectivity index (χ3n) is 1.51. The molecule has 0 fully saturated rings. The van der Waals surface area contributed by atoms with Gasteiger partial charge in [-0.3, -0.25) is 5.01 Å². The Morgan fingerprint density at radius 3 is 3.00 bits per heavy atom. The van der Waals surface area contributed by atoms with Gasteiger partial charge in [-0.05, 0) is 0 Å². The zero-order valence-corrected chi connectivity index (χ0v) is 6.39. The van der Waals surface area contributed by atoms with Crippen LogP contribution in [-0.4, -0.2) is 33.2 Å². The predicted octanol–water partition coefficient (Wildman–Crippen LogP) is -0.178. The van der Waals surface area contributed by atoms with Crippen molar-refractivity contribution in [2.24, 2.45) is 4.99 Å². The number of aliphatic hydroxyl groups excluding tert-OH is 2. The summed E-state index contributed by atoms with van der Waals surface area (Å²) in [5, 5.41) is 21.3.